The molecule has 6 nitrogen and oxygen atoms in total. The van der Waals surface area contributed by atoms with Gasteiger partial charge in [0.05, 0.1) is 19.1 Å². The van der Waals surface area contributed by atoms with Crippen LogP contribution >= 0.6 is 0 Å². The molecule has 2 aliphatic rings. The molecular weight excluding hydrogens is 318 g/mol. The summed E-state index contributed by atoms with van der Waals surface area (Å²) in [7, 11) is 0. The van der Waals surface area contributed by atoms with Crippen LogP contribution in [0.3, 0.4) is 0 Å². The molecule has 136 valence electrons. The van der Waals surface area contributed by atoms with Gasteiger partial charge in [-0.2, -0.15) is 0 Å². The van der Waals surface area contributed by atoms with Gasteiger partial charge in [0.1, 0.15) is 5.75 Å². The van der Waals surface area contributed by atoms with Gasteiger partial charge < -0.3 is 15.4 Å². The third-order valence-electron chi connectivity index (χ3n) is 5.13. The number of carbonyl (C=O) groups is 2. The first-order valence-electron chi connectivity index (χ1n) is 9.08. The average Bonchev–Trinajstić information content (AvgIpc) is 3.41. The molecule has 1 atom stereocenters. The van der Waals surface area contributed by atoms with Gasteiger partial charge in [0, 0.05) is 25.0 Å². The normalized spacial score (nSPS) is 22.1. The minimum absolute atomic E-state index is 0.0446. The quantitative estimate of drug-likeness (QED) is 0.742. The zero-order valence-electron chi connectivity index (χ0n) is 14.8. The van der Waals surface area contributed by atoms with Crippen molar-refractivity contribution in [3.63, 3.8) is 0 Å². The van der Waals surface area contributed by atoms with Crippen LogP contribution in [0.4, 0.5) is 0 Å². The highest BCUT2D eigenvalue weighted by atomic mass is 16.5. The molecule has 1 aliphatic heterocycles. The van der Waals surface area contributed by atoms with Crippen molar-refractivity contribution in [2.75, 3.05) is 32.8 Å². The van der Waals surface area contributed by atoms with Gasteiger partial charge in [-0.05, 0) is 31.5 Å². The van der Waals surface area contributed by atoms with E-state index in [0.717, 1.165) is 31.7 Å². The number of benzene rings is 1. The summed E-state index contributed by atoms with van der Waals surface area (Å²) >= 11 is 0. The van der Waals surface area contributed by atoms with E-state index in [4.69, 9.17) is 4.74 Å². The van der Waals surface area contributed by atoms with Gasteiger partial charge in [-0.3, -0.25) is 14.5 Å². The van der Waals surface area contributed by atoms with Crippen molar-refractivity contribution in [2.45, 2.75) is 32.2 Å². The van der Waals surface area contributed by atoms with Gasteiger partial charge in [-0.25, -0.2) is 0 Å². The van der Waals surface area contributed by atoms with Crippen LogP contribution in [0.2, 0.25) is 0 Å². The van der Waals surface area contributed by atoms with Gasteiger partial charge in [-0.1, -0.05) is 25.1 Å². The summed E-state index contributed by atoms with van der Waals surface area (Å²) in [5, 5.41) is 5.85. The highest BCUT2D eigenvalue weighted by Crippen LogP contribution is 2.45. The molecule has 3 rings (SSSR count). The van der Waals surface area contributed by atoms with Gasteiger partial charge in [0.15, 0.2) is 0 Å². The van der Waals surface area contributed by atoms with Crippen LogP contribution in [0.5, 0.6) is 5.75 Å². The molecule has 1 aliphatic carbocycles. The Morgan fingerprint density at radius 3 is 2.80 bits per heavy atom. The Hall–Kier alpha value is -2.08. The molecule has 0 spiro atoms. The van der Waals surface area contributed by atoms with Gasteiger partial charge in [0.25, 0.3) is 0 Å². The van der Waals surface area contributed by atoms with E-state index < -0.39 is 0 Å². The summed E-state index contributed by atoms with van der Waals surface area (Å²) in [6, 6.07) is 9.39. The predicted octanol–water partition coefficient (Wildman–Crippen LogP) is 1.17. The Kier molecular flexibility index (Phi) is 5.58. The minimum Gasteiger partial charge on any atom is -0.493 e. The first-order chi connectivity index (χ1) is 12.1. The maximum atomic E-state index is 12.3. The number of nitrogens with zero attached hydrogens (tertiary/aromatic N) is 1. The SMILES string of the molecule is CCN1CCNC(=O)[C@@H]1CC(=O)NCC1(COc2ccccc2)CC1. The number of ether oxygens (including phenoxy) is 1. The van der Waals surface area contributed by atoms with Crippen LogP contribution in [0, 0.1) is 5.41 Å². The van der Waals surface area contributed by atoms with Crippen molar-refractivity contribution in [1.29, 1.82) is 0 Å². The maximum absolute atomic E-state index is 12.3. The molecule has 0 aromatic heterocycles. The maximum Gasteiger partial charge on any atom is 0.237 e. The van der Waals surface area contributed by atoms with Crippen LogP contribution < -0.4 is 15.4 Å². The van der Waals surface area contributed by atoms with Crippen molar-refractivity contribution in [1.82, 2.24) is 15.5 Å². The number of hydrogen-bond donors (Lipinski definition) is 2. The van der Waals surface area contributed by atoms with Crippen molar-refractivity contribution < 1.29 is 14.3 Å². The molecule has 1 aromatic rings. The Balaban J connectivity index is 1.44. The Bertz CT molecular complexity index is 601. The molecule has 25 heavy (non-hydrogen) atoms. The van der Waals surface area contributed by atoms with E-state index in [1.165, 1.54) is 0 Å². The number of rotatable bonds is 8. The second-order valence-corrected chi connectivity index (χ2v) is 7.02. The minimum atomic E-state index is -0.352. The molecule has 1 saturated heterocycles. The first-order valence-corrected chi connectivity index (χ1v) is 9.08. The average molecular weight is 345 g/mol. The van der Waals surface area contributed by atoms with Crippen molar-refractivity contribution >= 4 is 11.8 Å². The highest BCUT2D eigenvalue weighted by molar-refractivity contribution is 5.88. The number of likely N-dealkylation sites (N-methyl/N-ethyl adjacent to an activating group) is 1. The van der Waals surface area contributed by atoms with Gasteiger partial charge in [0.2, 0.25) is 11.8 Å². The lowest BCUT2D eigenvalue weighted by Crippen LogP contribution is -2.56. The summed E-state index contributed by atoms with van der Waals surface area (Å²) in [4.78, 5) is 26.4. The molecule has 1 saturated carbocycles. The second-order valence-electron chi connectivity index (χ2n) is 7.02. The lowest BCUT2D eigenvalue weighted by Gasteiger charge is -2.33. The lowest BCUT2D eigenvalue weighted by molar-refractivity contribution is -0.133. The van der Waals surface area contributed by atoms with E-state index in [9.17, 15) is 9.59 Å². The Morgan fingerprint density at radius 2 is 2.12 bits per heavy atom. The number of piperazine rings is 1. The van der Waals surface area contributed by atoms with Crippen molar-refractivity contribution in [3.05, 3.63) is 30.3 Å². The van der Waals surface area contributed by atoms with Gasteiger partial charge in [-0.15, -0.1) is 0 Å². The van der Waals surface area contributed by atoms with Crippen LogP contribution in [-0.2, 0) is 9.59 Å². The van der Waals surface area contributed by atoms with Crippen LogP contribution in [0.15, 0.2) is 30.3 Å². The molecule has 1 aromatic carbocycles. The van der Waals surface area contributed by atoms with Crippen molar-refractivity contribution in [3.8, 4) is 5.75 Å². The van der Waals surface area contributed by atoms with E-state index in [1.807, 2.05) is 37.3 Å². The molecule has 2 amide bonds. The number of hydrogen-bond acceptors (Lipinski definition) is 4. The number of para-hydroxylation sites is 1. The zero-order chi connectivity index (χ0) is 17.7. The van der Waals surface area contributed by atoms with Crippen molar-refractivity contribution in [2.24, 2.45) is 5.41 Å². The summed E-state index contributed by atoms with van der Waals surface area (Å²) in [5.41, 5.74) is 0.0464. The number of amides is 2. The predicted molar refractivity (Wildman–Crippen MR) is 95.3 cm³/mol. The van der Waals surface area contributed by atoms with Crippen LogP contribution in [0.25, 0.3) is 0 Å². The molecule has 2 fully saturated rings. The summed E-state index contributed by atoms with van der Waals surface area (Å²) in [6.45, 7) is 5.48. The topological polar surface area (TPSA) is 70.7 Å². The zero-order valence-corrected chi connectivity index (χ0v) is 14.8. The lowest BCUT2D eigenvalue weighted by atomic mass is 10.1. The van der Waals surface area contributed by atoms with Crippen LogP contribution in [-0.4, -0.2) is 55.5 Å². The molecule has 1 heterocycles. The summed E-state index contributed by atoms with van der Waals surface area (Å²) < 4.78 is 5.84. The molecule has 6 heteroatoms. The van der Waals surface area contributed by atoms with E-state index in [-0.39, 0.29) is 29.7 Å². The monoisotopic (exact) mass is 345 g/mol. The molecule has 0 unspecified atom stereocenters. The number of nitrogens with one attached hydrogen (secondary N) is 2. The fourth-order valence-corrected chi connectivity index (χ4v) is 3.20. The largest absolute Gasteiger partial charge is 0.493 e. The molecule has 2 N–H and O–H groups in total. The fraction of sp³-hybridized carbons (Fsp3) is 0.579. The van der Waals surface area contributed by atoms with Crippen LogP contribution in [0.1, 0.15) is 26.2 Å². The fourth-order valence-electron chi connectivity index (χ4n) is 3.20. The Morgan fingerprint density at radius 1 is 1.36 bits per heavy atom. The van der Waals surface area contributed by atoms with E-state index in [2.05, 4.69) is 15.5 Å². The smallest absolute Gasteiger partial charge is 0.237 e. The Labute approximate surface area is 148 Å². The highest BCUT2D eigenvalue weighted by Gasteiger charge is 2.44. The number of carbonyl (C=O) groups excluding carboxylic acids is 2. The third kappa shape index (κ3) is 4.72. The van der Waals surface area contributed by atoms with E-state index in [1.54, 1.807) is 0 Å². The molecule has 0 radical (unpaired) electrons. The molecule has 0 bridgehead atoms. The summed E-state index contributed by atoms with van der Waals surface area (Å²) in [6.07, 6.45) is 2.34. The second kappa shape index (κ2) is 7.87. The standard InChI is InChI=1S/C19H27N3O3/c1-2-22-11-10-20-18(24)16(22)12-17(23)21-13-19(8-9-19)14-25-15-6-4-3-5-7-15/h3-7,16H,2,8-14H2,1H3,(H,20,24)(H,21,23)/t16-/m0/s1. The summed E-state index contributed by atoms with van der Waals surface area (Å²) in [5.74, 6) is 0.751. The van der Waals surface area contributed by atoms with Gasteiger partial charge >= 0.3 is 0 Å². The van der Waals surface area contributed by atoms with E-state index >= 15 is 0 Å². The first kappa shape index (κ1) is 17.7. The third-order valence-corrected chi connectivity index (χ3v) is 5.13. The molecular formula is C19H27N3O3. The van der Waals surface area contributed by atoms with E-state index in [0.29, 0.717) is 19.7 Å².